The molecule has 0 atom stereocenters. The average Bonchev–Trinajstić information content (AvgIpc) is 3.73. The van der Waals surface area contributed by atoms with E-state index in [1.807, 2.05) is 42.5 Å². The van der Waals surface area contributed by atoms with Gasteiger partial charge in [-0.2, -0.15) is 9.78 Å². The normalized spacial score (nSPS) is 14.6. The van der Waals surface area contributed by atoms with Crippen molar-refractivity contribution in [3.05, 3.63) is 65.0 Å². The lowest BCUT2D eigenvalue weighted by atomic mass is 10.1. The molecule has 0 aliphatic carbocycles. The van der Waals surface area contributed by atoms with Crippen LogP contribution in [0.1, 0.15) is 27.3 Å². The molecule has 3 aromatic heterocycles. The van der Waals surface area contributed by atoms with Crippen molar-refractivity contribution in [2.24, 2.45) is 5.10 Å². The molecule has 5 aromatic rings. The van der Waals surface area contributed by atoms with E-state index in [4.69, 9.17) is 15.1 Å². The maximum absolute atomic E-state index is 13.2. The van der Waals surface area contributed by atoms with Crippen LogP contribution in [0.15, 0.2) is 52.2 Å². The summed E-state index contributed by atoms with van der Waals surface area (Å²) in [6.07, 6.45) is 1.55. The molecule has 3 N–H and O–H groups in total. The van der Waals surface area contributed by atoms with Crippen LogP contribution in [0.25, 0.3) is 16.9 Å². The van der Waals surface area contributed by atoms with Gasteiger partial charge in [-0.25, -0.2) is 14.7 Å². The predicted octanol–water partition coefficient (Wildman–Crippen LogP) is 0.545. The largest absolute Gasteiger partial charge is 0.496 e. The summed E-state index contributed by atoms with van der Waals surface area (Å²) in [5, 5.41) is 28.4. The van der Waals surface area contributed by atoms with Crippen LogP contribution in [0.3, 0.4) is 0 Å². The zero-order valence-electron chi connectivity index (χ0n) is 23.1. The van der Waals surface area contributed by atoms with E-state index in [0.29, 0.717) is 24.5 Å². The summed E-state index contributed by atoms with van der Waals surface area (Å²) < 4.78 is 13.5. The molecular weight excluding hydrogens is 542 g/mol. The quantitative estimate of drug-likeness (QED) is 0.185. The molecule has 6 rings (SSSR count). The van der Waals surface area contributed by atoms with Gasteiger partial charge in [-0.05, 0) is 53.3 Å². The minimum Gasteiger partial charge on any atom is -0.496 e. The first-order valence-corrected chi connectivity index (χ1v) is 13.2. The van der Waals surface area contributed by atoms with Gasteiger partial charge in [0.1, 0.15) is 11.3 Å². The van der Waals surface area contributed by atoms with Crippen molar-refractivity contribution in [1.29, 1.82) is 0 Å². The smallest absolute Gasteiger partial charge is 0.293 e. The molecule has 1 fully saturated rings. The minimum atomic E-state index is -0.528. The van der Waals surface area contributed by atoms with Crippen LogP contribution in [-0.2, 0) is 13.1 Å². The summed E-state index contributed by atoms with van der Waals surface area (Å²) >= 11 is 0. The van der Waals surface area contributed by atoms with E-state index < -0.39 is 5.91 Å². The number of fused-ring (bicyclic) bond motifs is 1. The lowest BCUT2D eigenvalue weighted by Gasteiger charge is -2.32. The average molecular weight is 572 g/mol. The third kappa shape index (κ3) is 5.52. The summed E-state index contributed by atoms with van der Waals surface area (Å²) in [5.74, 6) is 0.376. The van der Waals surface area contributed by atoms with Crippen molar-refractivity contribution < 1.29 is 14.2 Å². The number of aromatic nitrogens is 8. The summed E-state index contributed by atoms with van der Waals surface area (Å²) in [7, 11) is 3.69. The highest BCUT2D eigenvalue weighted by atomic mass is 16.6. The van der Waals surface area contributed by atoms with Gasteiger partial charge in [0.2, 0.25) is 11.6 Å². The number of hydrogen-bond donors (Lipinski definition) is 2. The monoisotopic (exact) mass is 571 g/mol. The number of hydrogen-bond acceptors (Lipinski definition) is 13. The number of ether oxygens (including phenoxy) is 1. The van der Waals surface area contributed by atoms with Crippen molar-refractivity contribution >= 4 is 29.0 Å². The summed E-state index contributed by atoms with van der Waals surface area (Å²) in [4.78, 5) is 17.7. The van der Waals surface area contributed by atoms with E-state index in [9.17, 15) is 4.79 Å². The SMILES string of the molecule is COc1ccc(/C=N/NC(=O)c2nnn(-c3nonc3N)c2CN2CCN(C)CC2)cc1Cn1nnc2ccccc21. The number of nitrogen functional groups attached to an aromatic ring is 1. The lowest BCUT2D eigenvalue weighted by molar-refractivity contribution is 0.0946. The highest BCUT2D eigenvalue weighted by Crippen LogP contribution is 2.22. The molecule has 4 heterocycles. The Morgan fingerprint density at radius 2 is 1.93 bits per heavy atom. The second-order valence-corrected chi connectivity index (χ2v) is 9.86. The van der Waals surface area contributed by atoms with Crippen LogP contribution in [0, 0.1) is 0 Å². The van der Waals surface area contributed by atoms with Crippen molar-refractivity contribution in [2.75, 3.05) is 46.1 Å². The van der Waals surface area contributed by atoms with Crippen LogP contribution in [-0.4, -0.2) is 103 Å². The first kappa shape index (κ1) is 27.0. The summed E-state index contributed by atoms with van der Waals surface area (Å²) in [5.41, 5.74) is 12.4. The minimum absolute atomic E-state index is 0.0405. The van der Waals surface area contributed by atoms with Crippen LogP contribution < -0.4 is 15.9 Å². The van der Waals surface area contributed by atoms with Gasteiger partial charge >= 0.3 is 0 Å². The molecule has 42 heavy (non-hydrogen) atoms. The molecule has 0 unspecified atom stereocenters. The van der Waals surface area contributed by atoms with Gasteiger partial charge < -0.3 is 15.4 Å². The van der Waals surface area contributed by atoms with Gasteiger partial charge in [0.05, 0.1) is 31.1 Å². The zero-order valence-corrected chi connectivity index (χ0v) is 23.1. The number of hydrazone groups is 1. The third-order valence-electron chi connectivity index (χ3n) is 7.07. The fourth-order valence-corrected chi connectivity index (χ4v) is 4.76. The van der Waals surface area contributed by atoms with Crippen LogP contribution in [0.4, 0.5) is 5.82 Å². The molecule has 0 bridgehead atoms. The van der Waals surface area contributed by atoms with Crippen molar-refractivity contribution in [2.45, 2.75) is 13.1 Å². The Hall–Kier alpha value is -5.22. The molecule has 0 saturated carbocycles. The highest BCUT2D eigenvalue weighted by Gasteiger charge is 2.26. The number of methoxy groups -OCH3 is 1. The maximum Gasteiger partial charge on any atom is 0.293 e. The van der Waals surface area contributed by atoms with Gasteiger partial charge in [0.15, 0.2) is 5.69 Å². The number of benzene rings is 2. The predicted molar refractivity (Wildman–Crippen MR) is 151 cm³/mol. The van der Waals surface area contributed by atoms with Crippen molar-refractivity contribution in [3.8, 4) is 11.6 Å². The molecular formula is C26H29N13O3. The molecule has 1 amide bonds. The molecule has 16 heteroatoms. The van der Waals surface area contributed by atoms with E-state index in [1.165, 1.54) is 4.68 Å². The Kier molecular flexibility index (Phi) is 7.52. The highest BCUT2D eigenvalue weighted by molar-refractivity contribution is 5.94. The fraction of sp³-hybridized carbons (Fsp3) is 0.308. The molecule has 1 aliphatic heterocycles. The van der Waals surface area contributed by atoms with Gasteiger partial charge in [-0.15, -0.1) is 10.2 Å². The van der Waals surface area contributed by atoms with Crippen molar-refractivity contribution in [3.63, 3.8) is 0 Å². The van der Waals surface area contributed by atoms with E-state index in [-0.39, 0.29) is 17.3 Å². The summed E-state index contributed by atoms with van der Waals surface area (Å²) in [6.45, 7) is 4.28. The molecule has 1 aliphatic rings. The number of carbonyl (C=O) groups excluding carboxylic acids is 1. The Balaban J connectivity index is 1.20. The van der Waals surface area contributed by atoms with Crippen molar-refractivity contribution in [1.82, 2.24) is 55.5 Å². The van der Waals surface area contributed by atoms with E-state index in [1.54, 1.807) is 18.0 Å². The first-order valence-electron chi connectivity index (χ1n) is 13.2. The number of anilines is 1. The zero-order chi connectivity index (χ0) is 29.1. The Bertz CT molecular complexity index is 1730. The number of rotatable bonds is 9. The first-order chi connectivity index (χ1) is 20.5. The molecule has 1 saturated heterocycles. The number of piperazine rings is 1. The Morgan fingerprint density at radius 3 is 2.71 bits per heavy atom. The number of para-hydroxylation sites is 1. The van der Waals surface area contributed by atoms with Gasteiger partial charge in [0, 0.05) is 38.3 Å². The number of likely N-dealkylation sites (N-methyl/N-ethyl adjacent to an activating group) is 1. The maximum atomic E-state index is 13.2. The lowest BCUT2D eigenvalue weighted by Crippen LogP contribution is -2.44. The topological polar surface area (TPSA) is 184 Å². The van der Waals surface area contributed by atoms with Crippen LogP contribution in [0.2, 0.25) is 0 Å². The van der Waals surface area contributed by atoms with E-state index >= 15 is 0 Å². The van der Waals surface area contributed by atoms with Gasteiger partial charge in [-0.1, -0.05) is 22.6 Å². The van der Waals surface area contributed by atoms with Crippen LogP contribution in [0.5, 0.6) is 5.75 Å². The Morgan fingerprint density at radius 1 is 1.10 bits per heavy atom. The molecule has 16 nitrogen and oxygen atoms in total. The van der Waals surface area contributed by atoms with E-state index in [2.05, 4.69) is 58.3 Å². The number of nitrogens with zero attached hydrogens (tertiary/aromatic N) is 11. The molecule has 0 spiro atoms. The molecule has 0 radical (unpaired) electrons. The molecule has 216 valence electrons. The number of nitrogens with two attached hydrogens (primary N) is 1. The molecule has 2 aromatic carbocycles. The van der Waals surface area contributed by atoms with Gasteiger partial charge in [0.25, 0.3) is 5.91 Å². The number of amides is 1. The van der Waals surface area contributed by atoms with E-state index in [0.717, 1.165) is 48.3 Å². The standard InChI is InChI=1S/C26H29N13O3/c1-36-9-11-37(12-10-36)16-21-23(30-35-39(21)25-24(27)32-42-33-25)26(40)31-28-14-17-7-8-22(41-2)18(13-17)15-38-20-6-4-3-5-19(20)29-34-38/h3-8,13-14H,9-12,15-16H2,1-2H3,(H2,27,32)(H,31,40)/b28-14+. The van der Waals surface area contributed by atoms with Crippen LogP contribution >= 0.6 is 0 Å². The number of carbonyl (C=O) groups is 1. The Labute approximate surface area is 239 Å². The number of nitrogens with one attached hydrogen (secondary N) is 1. The second kappa shape index (κ2) is 11.7. The third-order valence-corrected chi connectivity index (χ3v) is 7.07. The fourth-order valence-electron chi connectivity index (χ4n) is 4.76. The second-order valence-electron chi connectivity index (χ2n) is 9.86. The summed E-state index contributed by atoms with van der Waals surface area (Å²) in [6, 6.07) is 13.3. The van der Waals surface area contributed by atoms with Gasteiger partial charge in [-0.3, -0.25) is 9.69 Å².